The Labute approximate surface area is 79.0 Å². The van der Waals surface area contributed by atoms with Crippen LogP contribution in [0.3, 0.4) is 0 Å². The van der Waals surface area contributed by atoms with E-state index in [2.05, 4.69) is 6.92 Å². The minimum Gasteiger partial charge on any atom is -0.381 e. The molecule has 0 aliphatic carbocycles. The summed E-state index contributed by atoms with van der Waals surface area (Å²) in [7, 11) is 0. The summed E-state index contributed by atoms with van der Waals surface area (Å²) in [5.74, 6) is 1.17. The van der Waals surface area contributed by atoms with Gasteiger partial charge in [0.05, 0.1) is 12.5 Å². The standard InChI is InChI=1S/C10H17NO2/c1-8-5-11(6-8)10(12)9-3-2-4-13-7-9/h8-9H,2-7H2,1H3. The van der Waals surface area contributed by atoms with Crippen molar-refractivity contribution < 1.29 is 9.53 Å². The first-order valence-corrected chi connectivity index (χ1v) is 5.14. The highest BCUT2D eigenvalue weighted by Crippen LogP contribution is 2.22. The molecule has 2 fully saturated rings. The molecule has 2 saturated heterocycles. The fourth-order valence-corrected chi connectivity index (χ4v) is 2.07. The summed E-state index contributed by atoms with van der Waals surface area (Å²) < 4.78 is 5.30. The second kappa shape index (κ2) is 3.66. The van der Waals surface area contributed by atoms with E-state index >= 15 is 0 Å². The maximum absolute atomic E-state index is 11.8. The normalized spacial score (nSPS) is 29.9. The van der Waals surface area contributed by atoms with Gasteiger partial charge < -0.3 is 9.64 Å². The van der Waals surface area contributed by atoms with Crippen LogP contribution in [0.25, 0.3) is 0 Å². The number of carbonyl (C=O) groups excluding carboxylic acids is 1. The third-order valence-corrected chi connectivity index (χ3v) is 2.89. The van der Waals surface area contributed by atoms with Gasteiger partial charge in [-0.1, -0.05) is 6.92 Å². The van der Waals surface area contributed by atoms with Crippen LogP contribution in [-0.4, -0.2) is 37.1 Å². The number of rotatable bonds is 1. The van der Waals surface area contributed by atoms with Crippen molar-refractivity contribution in [3.63, 3.8) is 0 Å². The average molecular weight is 183 g/mol. The zero-order valence-corrected chi connectivity index (χ0v) is 8.16. The molecular formula is C10H17NO2. The van der Waals surface area contributed by atoms with Gasteiger partial charge in [-0.15, -0.1) is 0 Å². The van der Waals surface area contributed by atoms with E-state index in [9.17, 15) is 4.79 Å². The van der Waals surface area contributed by atoms with E-state index in [1.54, 1.807) is 0 Å². The van der Waals surface area contributed by atoms with Gasteiger partial charge in [-0.05, 0) is 18.8 Å². The molecule has 0 aromatic heterocycles. The molecule has 0 aromatic rings. The maximum Gasteiger partial charge on any atom is 0.228 e. The lowest BCUT2D eigenvalue weighted by Gasteiger charge is -2.40. The van der Waals surface area contributed by atoms with E-state index in [1.807, 2.05) is 4.90 Å². The van der Waals surface area contributed by atoms with Crippen LogP contribution in [0.15, 0.2) is 0 Å². The summed E-state index contributed by atoms with van der Waals surface area (Å²) in [6.45, 7) is 5.57. The van der Waals surface area contributed by atoms with Gasteiger partial charge in [0, 0.05) is 19.7 Å². The van der Waals surface area contributed by atoms with Gasteiger partial charge in [0.2, 0.25) is 5.91 Å². The predicted molar refractivity (Wildman–Crippen MR) is 49.3 cm³/mol. The van der Waals surface area contributed by atoms with Crippen LogP contribution in [0.1, 0.15) is 19.8 Å². The minimum atomic E-state index is 0.154. The first kappa shape index (κ1) is 9.00. The second-order valence-electron chi connectivity index (χ2n) is 4.26. The van der Waals surface area contributed by atoms with Crippen molar-refractivity contribution in [2.24, 2.45) is 11.8 Å². The van der Waals surface area contributed by atoms with Crippen molar-refractivity contribution >= 4 is 5.91 Å². The second-order valence-corrected chi connectivity index (χ2v) is 4.26. The highest BCUT2D eigenvalue weighted by molar-refractivity contribution is 5.79. The highest BCUT2D eigenvalue weighted by atomic mass is 16.5. The molecule has 1 atom stereocenters. The van der Waals surface area contributed by atoms with Gasteiger partial charge in [0.25, 0.3) is 0 Å². The Hall–Kier alpha value is -0.570. The molecule has 2 aliphatic heterocycles. The van der Waals surface area contributed by atoms with Crippen LogP contribution in [0.2, 0.25) is 0 Å². The number of likely N-dealkylation sites (tertiary alicyclic amines) is 1. The SMILES string of the molecule is CC1CN(C(=O)C2CCCOC2)C1. The molecule has 0 radical (unpaired) electrons. The predicted octanol–water partition coefficient (Wildman–Crippen LogP) is 0.891. The Bertz CT molecular complexity index is 193. The Morgan fingerprint density at radius 2 is 2.23 bits per heavy atom. The third-order valence-electron chi connectivity index (χ3n) is 2.89. The zero-order chi connectivity index (χ0) is 9.26. The number of amides is 1. The Morgan fingerprint density at radius 1 is 1.46 bits per heavy atom. The summed E-state index contributed by atoms with van der Waals surface area (Å²) in [5.41, 5.74) is 0. The molecule has 74 valence electrons. The van der Waals surface area contributed by atoms with Gasteiger partial charge in [-0.25, -0.2) is 0 Å². The van der Waals surface area contributed by atoms with Gasteiger partial charge in [0.15, 0.2) is 0 Å². The van der Waals surface area contributed by atoms with Gasteiger partial charge in [0.1, 0.15) is 0 Å². The molecule has 3 nitrogen and oxygen atoms in total. The zero-order valence-electron chi connectivity index (χ0n) is 8.16. The first-order valence-electron chi connectivity index (χ1n) is 5.14. The topological polar surface area (TPSA) is 29.5 Å². The fourth-order valence-electron chi connectivity index (χ4n) is 2.07. The Kier molecular flexibility index (Phi) is 2.54. The average Bonchev–Trinajstić information content (AvgIpc) is 2.13. The Balaban J connectivity index is 1.82. The molecule has 0 spiro atoms. The molecule has 2 heterocycles. The smallest absolute Gasteiger partial charge is 0.228 e. The van der Waals surface area contributed by atoms with E-state index in [1.165, 1.54) is 0 Å². The number of hydrogen-bond acceptors (Lipinski definition) is 2. The molecule has 2 aliphatic rings. The lowest BCUT2D eigenvalue weighted by Crippen LogP contribution is -2.52. The summed E-state index contributed by atoms with van der Waals surface area (Å²) in [4.78, 5) is 13.7. The van der Waals surface area contributed by atoms with Crippen LogP contribution in [0, 0.1) is 11.8 Å². The number of carbonyl (C=O) groups is 1. The summed E-state index contributed by atoms with van der Waals surface area (Å²) in [6, 6.07) is 0. The van der Waals surface area contributed by atoms with Crippen molar-refractivity contribution in [1.29, 1.82) is 0 Å². The van der Waals surface area contributed by atoms with Crippen molar-refractivity contribution in [2.75, 3.05) is 26.3 Å². The molecule has 0 saturated carbocycles. The van der Waals surface area contributed by atoms with Crippen molar-refractivity contribution in [3.8, 4) is 0 Å². The lowest BCUT2D eigenvalue weighted by atomic mass is 9.96. The fraction of sp³-hybridized carbons (Fsp3) is 0.900. The summed E-state index contributed by atoms with van der Waals surface area (Å²) >= 11 is 0. The maximum atomic E-state index is 11.8. The first-order chi connectivity index (χ1) is 6.27. The third kappa shape index (κ3) is 1.85. The molecule has 0 N–H and O–H groups in total. The summed E-state index contributed by atoms with van der Waals surface area (Å²) in [6.07, 6.45) is 2.06. The monoisotopic (exact) mass is 183 g/mol. The van der Waals surface area contributed by atoms with Gasteiger partial charge in [-0.3, -0.25) is 4.79 Å². The van der Waals surface area contributed by atoms with Crippen LogP contribution < -0.4 is 0 Å². The molecule has 0 bridgehead atoms. The largest absolute Gasteiger partial charge is 0.381 e. The molecule has 0 aromatic carbocycles. The van der Waals surface area contributed by atoms with E-state index in [-0.39, 0.29) is 5.92 Å². The highest BCUT2D eigenvalue weighted by Gasteiger charge is 2.32. The van der Waals surface area contributed by atoms with Crippen molar-refractivity contribution in [3.05, 3.63) is 0 Å². The van der Waals surface area contributed by atoms with E-state index in [4.69, 9.17) is 4.74 Å². The summed E-state index contributed by atoms with van der Waals surface area (Å²) in [5, 5.41) is 0. The number of hydrogen-bond donors (Lipinski definition) is 0. The minimum absolute atomic E-state index is 0.154. The van der Waals surface area contributed by atoms with Crippen molar-refractivity contribution in [2.45, 2.75) is 19.8 Å². The Morgan fingerprint density at radius 3 is 2.77 bits per heavy atom. The van der Waals surface area contributed by atoms with Crippen molar-refractivity contribution in [1.82, 2.24) is 4.90 Å². The molecule has 2 rings (SSSR count). The lowest BCUT2D eigenvalue weighted by molar-refractivity contribution is -0.145. The van der Waals surface area contributed by atoms with Gasteiger partial charge >= 0.3 is 0 Å². The van der Waals surface area contributed by atoms with Crippen LogP contribution in [0.4, 0.5) is 0 Å². The van der Waals surface area contributed by atoms with Gasteiger partial charge in [-0.2, -0.15) is 0 Å². The quantitative estimate of drug-likeness (QED) is 0.604. The molecular weight excluding hydrogens is 166 g/mol. The molecule has 13 heavy (non-hydrogen) atoms. The number of nitrogens with zero attached hydrogens (tertiary/aromatic N) is 1. The van der Waals surface area contributed by atoms with E-state index in [0.29, 0.717) is 18.4 Å². The van der Waals surface area contributed by atoms with E-state index in [0.717, 1.165) is 32.5 Å². The van der Waals surface area contributed by atoms with Crippen LogP contribution in [-0.2, 0) is 9.53 Å². The molecule has 1 unspecified atom stereocenters. The van der Waals surface area contributed by atoms with E-state index < -0.39 is 0 Å². The number of ether oxygens (including phenoxy) is 1. The molecule has 1 amide bonds. The van der Waals surface area contributed by atoms with Crippen LogP contribution in [0.5, 0.6) is 0 Å². The van der Waals surface area contributed by atoms with Crippen LogP contribution >= 0.6 is 0 Å². The molecule has 3 heteroatoms.